The molecule has 0 fully saturated rings. The fourth-order valence-electron chi connectivity index (χ4n) is 1.34. The maximum Gasteiger partial charge on any atom is 0.306 e. The summed E-state index contributed by atoms with van der Waals surface area (Å²) in [7, 11) is 0. The number of esters is 1. The SMILES string of the molecule is CC(C)OC(=O)CCC(C(=O)O)C(C)C. The van der Waals surface area contributed by atoms with E-state index < -0.39 is 11.9 Å². The molecule has 0 saturated carbocycles. The summed E-state index contributed by atoms with van der Waals surface area (Å²) < 4.78 is 4.93. The number of carbonyl (C=O) groups is 2. The van der Waals surface area contributed by atoms with Gasteiger partial charge in [-0.25, -0.2) is 0 Å². The zero-order valence-corrected chi connectivity index (χ0v) is 9.82. The van der Waals surface area contributed by atoms with E-state index in [1.807, 2.05) is 13.8 Å². The quantitative estimate of drug-likeness (QED) is 0.690. The van der Waals surface area contributed by atoms with Crippen molar-refractivity contribution in [2.75, 3.05) is 0 Å². The van der Waals surface area contributed by atoms with Crippen LogP contribution in [0.1, 0.15) is 40.5 Å². The van der Waals surface area contributed by atoms with Crippen molar-refractivity contribution in [1.29, 1.82) is 0 Å². The lowest BCUT2D eigenvalue weighted by molar-refractivity contribution is -0.149. The zero-order valence-electron chi connectivity index (χ0n) is 9.82. The van der Waals surface area contributed by atoms with Crippen LogP contribution < -0.4 is 0 Å². The van der Waals surface area contributed by atoms with Crippen LogP contribution in [-0.2, 0) is 14.3 Å². The van der Waals surface area contributed by atoms with Crippen LogP contribution >= 0.6 is 0 Å². The molecular formula is C11H20O4. The fraction of sp³-hybridized carbons (Fsp3) is 0.818. The van der Waals surface area contributed by atoms with E-state index >= 15 is 0 Å². The van der Waals surface area contributed by atoms with Gasteiger partial charge in [0.1, 0.15) is 0 Å². The van der Waals surface area contributed by atoms with E-state index in [0.29, 0.717) is 6.42 Å². The molecule has 0 rings (SSSR count). The van der Waals surface area contributed by atoms with Crippen LogP contribution in [0.4, 0.5) is 0 Å². The van der Waals surface area contributed by atoms with Gasteiger partial charge in [-0.1, -0.05) is 13.8 Å². The summed E-state index contributed by atoms with van der Waals surface area (Å²) in [5, 5.41) is 8.89. The van der Waals surface area contributed by atoms with Crippen molar-refractivity contribution in [1.82, 2.24) is 0 Å². The third-order valence-electron chi connectivity index (χ3n) is 2.15. The maximum absolute atomic E-state index is 11.2. The molecule has 1 unspecified atom stereocenters. The van der Waals surface area contributed by atoms with Crippen molar-refractivity contribution in [2.45, 2.75) is 46.6 Å². The molecule has 4 nitrogen and oxygen atoms in total. The number of carboxylic acids is 1. The minimum absolute atomic E-state index is 0.0364. The Labute approximate surface area is 90.6 Å². The highest BCUT2D eigenvalue weighted by atomic mass is 16.5. The first kappa shape index (κ1) is 13.9. The summed E-state index contributed by atoms with van der Waals surface area (Å²) in [6, 6.07) is 0. The molecule has 15 heavy (non-hydrogen) atoms. The van der Waals surface area contributed by atoms with E-state index in [1.54, 1.807) is 13.8 Å². The topological polar surface area (TPSA) is 63.6 Å². The summed E-state index contributed by atoms with van der Waals surface area (Å²) in [5.41, 5.74) is 0. The van der Waals surface area contributed by atoms with Gasteiger partial charge in [-0.05, 0) is 26.2 Å². The highest BCUT2D eigenvalue weighted by Gasteiger charge is 2.22. The summed E-state index contributed by atoms with van der Waals surface area (Å²) in [4.78, 5) is 22.0. The first-order valence-electron chi connectivity index (χ1n) is 5.26. The number of hydrogen-bond donors (Lipinski definition) is 1. The van der Waals surface area contributed by atoms with Gasteiger partial charge in [0.2, 0.25) is 0 Å². The molecule has 0 radical (unpaired) electrons. The van der Waals surface area contributed by atoms with Gasteiger partial charge >= 0.3 is 11.9 Å². The number of rotatable bonds is 6. The Balaban J connectivity index is 4.00. The standard InChI is InChI=1S/C11H20O4/c1-7(2)9(11(13)14)5-6-10(12)15-8(3)4/h7-9H,5-6H2,1-4H3,(H,13,14). The molecule has 1 N–H and O–H groups in total. The molecule has 0 aliphatic rings. The molecule has 0 amide bonds. The molecule has 0 saturated heterocycles. The van der Waals surface area contributed by atoms with Crippen molar-refractivity contribution in [2.24, 2.45) is 11.8 Å². The summed E-state index contributed by atoms with van der Waals surface area (Å²) in [6.45, 7) is 7.23. The Morgan fingerprint density at radius 1 is 1.20 bits per heavy atom. The second-order valence-corrected chi connectivity index (χ2v) is 4.27. The molecule has 0 aromatic carbocycles. The summed E-state index contributed by atoms with van der Waals surface area (Å²) >= 11 is 0. The van der Waals surface area contributed by atoms with Crippen LogP contribution in [0.25, 0.3) is 0 Å². The van der Waals surface area contributed by atoms with Crippen molar-refractivity contribution in [3.05, 3.63) is 0 Å². The van der Waals surface area contributed by atoms with Crippen LogP contribution in [0.2, 0.25) is 0 Å². The molecule has 0 aromatic heterocycles. The lowest BCUT2D eigenvalue weighted by atomic mass is 9.91. The molecule has 0 heterocycles. The predicted octanol–water partition coefficient (Wildman–Crippen LogP) is 2.08. The Kier molecular flexibility index (Phi) is 5.97. The summed E-state index contributed by atoms with van der Waals surface area (Å²) in [6.07, 6.45) is 0.381. The van der Waals surface area contributed by atoms with Crippen molar-refractivity contribution < 1.29 is 19.4 Å². The van der Waals surface area contributed by atoms with Crippen molar-refractivity contribution in [3.63, 3.8) is 0 Å². The first-order valence-corrected chi connectivity index (χ1v) is 5.26. The van der Waals surface area contributed by atoms with Crippen LogP contribution in [0.3, 0.4) is 0 Å². The van der Waals surface area contributed by atoms with Crippen LogP contribution in [0.15, 0.2) is 0 Å². The molecule has 0 aromatic rings. The number of ether oxygens (including phenoxy) is 1. The average molecular weight is 216 g/mol. The largest absolute Gasteiger partial charge is 0.481 e. The van der Waals surface area contributed by atoms with Gasteiger partial charge in [-0.3, -0.25) is 9.59 Å². The van der Waals surface area contributed by atoms with Gasteiger partial charge in [0, 0.05) is 6.42 Å². The Bertz CT molecular complexity index is 221. The van der Waals surface area contributed by atoms with Crippen LogP contribution in [0.5, 0.6) is 0 Å². The number of carbonyl (C=O) groups excluding carboxylic acids is 1. The van der Waals surface area contributed by atoms with Gasteiger partial charge in [-0.15, -0.1) is 0 Å². The zero-order chi connectivity index (χ0) is 12.0. The van der Waals surface area contributed by atoms with Gasteiger partial charge in [0.25, 0.3) is 0 Å². The maximum atomic E-state index is 11.2. The Morgan fingerprint density at radius 3 is 2.07 bits per heavy atom. The molecule has 0 aliphatic carbocycles. The van der Waals surface area contributed by atoms with E-state index in [2.05, 4.69) is 0 Å². The average Bonchev–Trinajstić information content (AvgIpc) is 2.00. The number of aliphatic carboxylic acids is 1. The van der Waals surface area contributed by atoms with Gasteiger partial charge in [0.05, 0.1) is 12.0 Å². The van der Waals surface area contributed by atoms with Crippen LogP contribution in [0, 0.1) is 11.8 Å². The fourth-order valence-corrected chi connectivity index (χ4v) is 1.34. The number of hydrogen-bond acceptors (Lipinski definition) is 3. The summed E-state index contributed by atoms with van der Waals surface area (Å²) in [5.74, 6) is -1.60. The van der Waals surface area contributed by atoms with E-state index in [9.17, 15) is 9.59 Å². The lowest BCUT2D eigenvalue weighted by Crippen LogP contribution is -2.21. The second-order valence-electron chi connectivity index (χ2n) is 4.27. The van der Waals surface area contributed by atoms with E-state index in [4.69, 9.17) is 9.84 Å². The first-order chi connectivity index (χ1) is 6.84. The minimum Gasteiger partial charge on any atom is -0.481 e. The lowest BCUT2D eigenvalue weighted by Gasteiger charge is -2.15. The molecule has 1 atom stereocenters. The predicted molar refractivity (Wildman–Crippen MR) is 56.4 cm³/mol. The molecule has 0 spiro atoms. The molecule has 4 heteroatoms. The number of carboxylic acid groups (broad SMARTS) is 1. The highest BCUT2D eigenvalue weighted by molar-refractivity contribution is 5.73. The monoisotopic (exact) mass is 216 g/mol. The van der Waals surface area contributed by atoms with Gasteiger partial charge in [0.15, 0.2) is 0 Å². The van der Waals surface area contributed by atoms with E-state index in [-0.39, 0.29) is 24.4 Å². The third-order valence-corrected chi connectivity index (χ3v) is 2.15. The van der Waals surface area contributed by atoms with E-state index in [0.717, 1.165) is 0 Å². The normalized spacial score (nSPS) is 12.9. The molecule has 0 aliphatic heterocycles. The van der Waals surface area contributed by atoms with E-state index in [1.165, 1.54) is 0 Å². The van der Waals surface area contributed by atoms with Crippen molar-refractivity contribution >= 4 is 11.9 Å². The van der Waals surface area contributed by atoms with Crippen LogP contribution in [-0.4, -0.2) is 23.1 Å². The van der Waals surface area contributed by atoms with Gasteiger partial charge < -0.3 is 9.84 Å². The minimum atomic E-state index is -0.845. The smallest absolute Gasteiger partial charge is 0.306 e. The van der Waals surface area contributed by atoms with Gasteiger partial charge in [-0.2, -0.15) is 0 Å². The highest BCUT2D eigenvalue weighted by Crippen LogP contribution is 2.17. The Hall–Kier alpha value is -1.06. The molecular weight excluding hydrogens is 196 g/mol. The second kappa shape index (κ2) is 6.43. The Morgan fingerprint density at radius 2 is 1.73 bits per heavy atom. The molecule has 88 valence electrons. The molecule has 0 bridgehead atoms. The van der Waals surface area contributed by atoms with Crippen molar-refractivity contribution in [3.8, 4) is 0 Å². The third kappa shape index (κ3) is 6.10.